The number of sulfonamides is 1. The molecule has 0 aliphatic carbocycles. The molecule has 0 radical (unpaired) electrons. The van der Waals surface area contributed by atoms with Crippen molar-refractivity contribution in [2.45, 2.75) is 43.4 Å². The molecule has 0 aromatic heterocycles. The number of rotatable bonds is 5. The van der Waals surface area contributed by atoms with Crippen LogP contribution in [0, 0.1) is 0 Å². The Labute approximate surface area is 183 Å². The van der Waals surface area contributed by atoms with E-state index in [0.29, 0.717) is 13.1 Å². The molecule has 1 saturated heterocycles. The van der Waals surface area contributed by atoms with Crippen molar-refractivity contribution in [1.82, 2.24) is 4.31 Å². The summed E-state index contributed by atoms with van der Waals surface area (Å²) in [6.45, 7) is 0.366. The average Bonchev–Trinajstić information content (AvgIpc) is 3.02. The van der Waals surface area contributed by atoms with Gasteiger partial charge < -0.3 is 4.74 Å². The maximum absolute atomic E-state index is 13.0. The summed E-state index contributed by atoms with van der Waals surface area (Å²) in [7, 11) is -3.89. The Morgan fingerprint density at radius 3 is 2.35 bits per heavy atom. The molecule has 5 nitrogen and oxygen atoms in total. The summed E-state index contributed by atoms with van der Waals surface area (Å²) in [5, 5.41) is -0.0151. The van der Waals surface area contributed by atoms with E-state index in [1.165, 1.54) is 28.6 Å². The molecule has 31 heavy (non-hydrogen) atoms. The van der Waals surface area contributed by atoms with Crippen LogP contribution in [0.25, 0.3) is 0 Å². The second-order valence-corrected chi connectivity index (χ2v) is 9.55. The van der Waals surface area contributed by atoms with Crippen molar-refractivity contribution in [2.75, 3.05) is 13.1 Å². The first-order chi connectivity index (χ1) is 14.6. The van der Waals surface area contributed by atoms with E-state index in [1.54, 1.807) is 0 Å². The Hall–Kier alpha value is -2.10. The maximum Gasteiger partial charge on any atom is 0.416 e. The number of ether oxygens (including phenoxy) is 1. The Bertz CT molecular complexity index is 1050. The van der Waals surface area contributed by atoms with Crippen molar-refractivity contribution < 1.29 is 31.1 Å². The Morgan fingerprint density at radius 2 is 1.71 bits per heavy atom. The molecule has 0 bridgehead atoms. The first-order valence-corrected chi connectivity index (χ1v) is 11.5. The lowest BCUT2D eigenvalue weighted by atomic mass is 10.1. The molecule has 0 spiro atoms. The fourth-order valence-electron chi connectivity index (χ4n) is 3.32. The molecule has 3 rings (SSSR count). The van der Waals surface area contributed by atoms with Gasteiger partial charge in [0.05, 0.1) is 16.1 Å². The molecule has 1 aliphatic heterocycles. The number of carbonyl (C=O) groups is 1. The van der Waals surface area contributed by atoms with Crippen LogP contribution in [0.1, 0.15) is 47.2 Å². The molecule has 0 atom stereocenters. The summed E-state index contributed by atoms with van der Waals surface area (Å²) >= 11 is 6.11. The number of nitrogens with zero attached hydrogens (tertiary/aromatic N) is 1. The van der Waals surface area contributed by atoms with Crippen molar-refractivity contribution >= 4 is 27.6 Å². The van der Waals surface area contributed by atoms with Crippen LogP contribution < -0.4 is 0 Å². The van der Waals surface area contributed by atoms with E-state index < -0.39 is 27.7 Å². The van der Waals surface area contributed by atoms with E-state index in [4.69, 9.17) is 16.3 Å². The molecule has 168 valence electrons. The summed E-state index contributed by atoms with van der Waals surface area (Å²) in [5.41, 5.74) is -0.738. The van der Waals surface area contributed by atoms with E-state index in [2.05, 4.69) is 0 Å². The number of esters is 1. The van der Waals surface area contributed by atoms with Crippen LogP contribution >= 0.6 is 11.6 Å². The zero-order valence-corrected chi connectivity index (χ0v) is 18.1. The fourth-order valence-corrected chi connectivity index (χ4v) is 5.34. The molecule has 0 saturated carbocycles. The molecular weight excluding hydrogens is 455 g/mol. The second-order valence-electron chi connectivity index (χ2n) is 7.24. The van der Waals surface area contributed by atoms with Gasteiger partial charge >= 0.3 is 12.1 Å². The molecule has 1 fully saturated rings. The second kappa shape index (κ2) is 9.58. The Morgan fingerprint density at radius 1 is 1.03 bits per heavy atom. The van der Waals surface area contributed by atoms with Crippen LogP contribution in [0.3, 0.4) is 0 Å². The SMILES string of the molecule is O=C(OCc1cccc(C(F)(F)F)c1)c1ccc(Cl)c(S(=O)(=O)N2CCCCCC2)c1. The van der Waals surface area contributed by atoms with Crippen LogP contribution in [0.15, 0.2) is 47.4 Å². The molecule has 0 N–H and O–H groups in total. The predicted molar refractivity (Wildman–Crippen MR) is 109 cm³/mol. The lowest BCUT2D eigenvalue weighted by Crippen LogP contribution is -2.32. The molecule has 2 aromatic rings. The van der Waals surface area contributed by atoms with E-state index in [1.807, 2.05) is 0 Å². The van der Waals surface area contributed by atoms with Gasteiger partial charge in [-0.1, -0.05) is 36.6 Å². The largest absolute Gasteiger partial charge is 0.457 e. The van der Waals surface area contributed by atoms with Crippen molar-refractivity contribution in [3.8, 4) is 0 Å². The van der Waals surface area contributed by atoms with Crippen molar-refractivity contribution in [3.63, 3.8) is 0 Å². The van der Waals surface area contributed by atoms with Crippen molar-refractivity contribution in [3.05, 3.63) is 64.2 Å². The maximum atomic E-state index is 13.0. The monoisotopic (exact) mass is 475 g/mol. The van der Waals surface area contributed by atoms with Crippen molar-refractivity contribution in [2.24, 2.45) is 0 Å². The highest BCUT2D eigenvalue weighted by atomic mass is 35.5. The molecule has 0 unspecified atom stereocenters. The minimum absolute atomic E-state index is 0.0151. The molecule has 2 aromatic carbocycles. The Balaban J connectivity index is 1.77. The van der Waals surface area contributed by atoms with Gasteiger partial charge in [0.1, 0.15) is 11.5 Å². The summed E-state index contributed by atoms with van der Waals surface area (Å²) < 4.78 is 71.0. The summed E-state index contributed by atoms with van der Waals surface area (Å²) in [6, 6.07) is 8.21. The lowest BCUT2D eigenvalue weighted by Gasteiger charge is -2.21. The first-order valence-electron chi connectivity index (χ1n) is 9.72. The summed E-state index contributed by atoms with van der Waals surface area (Å²) in [5.74, 6) is -0.860. The van der Waals surface area contributed by atoms with Crippen molar-refractivity contribution in [1.29, 1.82) is 0 Å². The van der Waals surface area contributed by atoms with Gasteiger partial charge in [0, 0.05) is 13.1 Å². The zero-order valence-electron chi connectivity index (χ0n) is 16.5. The normalized spacial score (nSPS) is 16.0. The molecule has 1 aliphatic rings. The quantitative estimate of drug-likeness (QED) is 0.552. The minimum Gasteiger partial charge on any atom is -0.457 e. The zero-order chi connectivity index (χ0) is 22.6. The summed E-state index contributed by atoms with van der Waals surface area (Å²) in [4.78, 5) is 12.2. The van der Waals surface area contributed by atoms with Gasteiger partial charge in [0.15, 0.2) is 0 Å². The highest BCUT2D eigenvalue weighted by molar-refractivity contribution is 7.89. The molecule has 10 heteroatoms. The lowest BCUT2D eigenvalue weighted by molar-refractivity contribution is -0.137. The van der Waals surface area contributed by atoms with Crippen LogP contribution in [0.2, 0.25) is 5.02 Å². The van der Waals surface area contributed by atoms with Gasteiger partial charge in [-0.25, -0.2) is 13.2 Å². The van der Waals surface area contributed by atoms with Gasteiger partial charge in [-0.05, 0) is 48.7 Å². The third-order valence-electron chi connectivity index (χ3n) is 4.97. The molecule has 0 amide bonds. The van der Waals surface area contributed by atoms with Gasteiger partial charge in [-0.2, -0.15) is 17.5 Å². The number of halogens is 4. The highest BCUT2D eigenvalue weighted by Gasteiger charge is 2.31. The van der Waals surface area contributed by atoms with E-state index in [9.17, 15) is 26.4 Å². The molecule has 1 heterocycles. The van der Waals surface area contributed by atoms with Gasteiger partial charge in [0.2, 0.25) is 10.0 Å². The van der Waals surface area contributed by atoms with Crippen LogP contribution in [-0.4, -0.2) is 31.8 Å². The predicted octanol–water partition coefficient (Wildman–Crippen LogP) is 5.28. The highest BCUT2D eigenvalue weighted by Crippen LogP contribution is 2.30. The summed E-state index contributed by atoms with van der Waals surface area (Å²) in [6.07, 6.45) is -1.12. The van der Waals surface area contributed by atoms with Gasteiger partial charge in [0.25, 0.3) is 0 Å². The van der Waals surface area contributed by atoms with Crippen LogP contribution in [-0.2, 0) is 27.5 Å². The minimum atomic E-state index is -4.51. The Kier molecular flexibility index (Phi) is 7.28. The van der Waals surface area contributed by atoms with E-state index in [0.717, 1.165) is 43.9 Å². The number of benzene rings is 2. The smallest absolute Gasteiger partial charge is 0.416 e. The third kappa shape index (κ3) is 5.78. The standard InChI is InChI=1S/C21H21ClF3NO4S/c22-18-9-8-16(13-19(18)31(28,29)26-10-3-1-2-4-11-26)20(27)30-14-15-6-5-7-17(12-15)21(23,24)25/h5-9,12-13H,1-4,10-11,14H2. The topological polar surface area (TPSA) is 63.7 Å². The number of hydrogen-bond acceptors (Lipinski definition) is 4. The number of carbonyl (C=O) groups excluding carboxylic acids is 1. The number of hydrogen-bond donors (Lipinski definition) is 0. The third-order valence-corrected chi connectivity index (χ3v) is 7.35. The van der Waals surface area contributed by atoms with E-state index in [-0.39, 0.29) is 27.7 Å². The van der Waals surface area contributed by atoms with E-state index >= 15 is 0 Å². The first kappa shape index (κ1) is 23.6. The van der Waals surface area contributed by atoms with Crippen LogP contribution in [0.5, 0.6) is 0 Å². The van der Waals surface area contributed by atoms with Crippen LogP contribution in [0.4, 0.5) is 13.2 Å². The van der Waals surface area contributed by atoms with Gasteiger partial charge in [-0.15, -0.1) is 0 Å². The van der Waals surface area contributed by atoms with Gasteiger partial charge in [-0.3, -0.25) is 0 Å². The molecular formula is C21H21ClF3NO4S. The fraction of sp³-hybridized carbons (Fsp3) is 0.381. The number of alkyl halides is 3. The average molecular weight is 476 g/mol.